The van der Waals surface area contributed by atoms with Crippen LogP contribution in [-0.4, -0.2) is 48.1 Å². The molecule has 2 atom stereocenters. The summed E-state index contributed by atoms with van der Waals surface area (Å²) in [4.78, 5) is 0. The highest BCUT2D eigenvalue weighted by atomic mass is 35.7. The Morgan fingerprint density at radius 1 is 0.896 bits per heavy atom. The number of fused-ring (bicyclic) bond motifs is 4. The number of allylic oxidation sites excluding steroid dienone is 2. The van der Waals surface area contributed by atoms with Crippen LogP contribution in [0.2, 0.25) is 20.1 Å². The number of benzene rings is 3. The smallest absolute Gasteiger partial charge is 0.212 e. The molecule has 0 saturated heterocycles. The second-order valence-electron chi connectivity index (χ2n) is 13.0. The Morgan fingerprint density at radius 3 is 2.15 bits per heavy atom. The van der Waals surface area contributed by atoms with Crippen LogP contribution in [0.5, 0.6) is 11.5 Å². The SMILES string of the molecule is CC[N+]1(C)c2cc3c(cc2C(C)=CC1C)C(c1cc(Cl)c(Cl)c(Cl)c1Cl)=c1cc2c(cc1O3)=[N+](CCO)C(C)(C)C=C2C.[O-][Cl+3]([O-])([O-])O. The fourth-order valence-electron chi connectivity index (χ4n) is 7.08. The first-order chi connectivity index (χ1) is 22.2. The number of ether oxygens (including phenoxy) is 1. The Balaban J connectivity index is 0.000000840. The highest BCUT2D eigenvalue weighted by Crippen LogP contribution is 2.49. The Kier molecular flexibility index (Phi) is 10.2. The first kappa shape index (κ1) is 37.1. The van der Waals surface area contributed by atoms with Crippen LogP contribution in [0.3, 0.4) is 0 Å². The van der Waals surface area contributed by atoms with Gasteiger partial charge in [-0.25, -0.2) is 4.58 Å². The van der Waals surface area contributed by atoms with Crippen LogP contribution in [-0.2, 0) is 0 Å². The average molecular weight is 759 g/mol. The van der Waals surface area contributed by atoms with Crippen LogP contribution in [0.4, 0.5) is 5.69 Å². The molecule has 48 heavy (non-hydrogen) atoms. The van der Waals surface area contributed by atoms with E-state index in [0.717, 1.165) is 49.6 Å². The van der Waals surface area contributed by atoms with Gasteiger partial charge in [0.05, 0.1) is 54.7 Å². The molecule has 3 aromatic rings. The van der Waals surface area contributed by atoms with Gasteiger partial charge in [-0.05, 0) is 69.2 Å². The van der Waals surface area contributed by atoms with Gasteiger partial charge in [0.25, 0.3) is 0 Å². The third kappa shape index (κ3) is 6.54. The normalized spacial score (nSPS) is 20.7. The lowest BCUT2D eigenvalue weighted by molar-refractivity contribution is -1.92. The van der Waals surface area contributed by atoms with Gasteiger partial charge in [-0.15, -0.1) is 0 Å². The van der Waals surface area contributed by atoms with Crippen molar-refractivity contribution in [2.45, 2.75) is 53.1 Å². The predicted octanol–water partition coefficient (Wildman–Crippen LogP) is 3.97. The van der Waals surface area contributed by atoms with E-state index in [0.29, 0.717) is 33.9 Å². The topological polar surface area (TPSA) is 122 Å². The maximum Gasteiger partial charge on any atom is 0.212 e. The number of hydrogen-bond donors (Lipinski definition) is 2. The lowest BCUT2D eigenvalue weighted by Gasteiger charge is -2.42. The molecule has 0 aliphatic carbocycles. The van der Waals surface area contributed by atoms with Crippen LogP contribution in [0.1, 0.15) is 63.8 Å². The van der Waals surface area contributed by atoms with Gasteiger partial charge in [-0.3, -0.25) is 4.48 Å². The van der Waals surface area contributed by atoms with Crippen molar-refractivity contribution in [2.24, 2.45) is 0 Å². The van der Waals surface area contributed by atoms with Gasteiger partial charge in [-0.1, -0.05) is 46.4 Å². The van der Waals surface area contributed by atoms with Crippen LogP contribution in [0.15, 0.2) is 42.5 Å². The summed E-state index contributed by atoms with van der Waals surface area (Å²) in [6.07, 6.45) is 4.59. The van der Waals surface area contributed by atoms with Gasteiger partial charge in [0.15, 0.2) is 12.1 Å². The summed E-state index contributed by atoms with van der Waals surface area (Å²) in [5.41, 5.74) is 8.04. The molecule has 256 valence electrons. The second-order valence-corrected chi connectivity index (χ2v) is 15.3. The molecule has 2 unspecified atom stereocenters. The molecular weight excluding hydrogens is 722 g/mol. The molecule has 13 heteroatoms. The third-order valence-corrected chi connectivity index (χ3v) is 11.4. The summed E-state index contributed by atoms with van der Waals surface area (Å²) < 4.78 is 42.5. The quantitative estimate of drug-likeness (QED) is 0.141. The number of quaternary nitrogens is 1. The number of hydrogen-bond acceptors (Lipinski definition) is 6. The number of aliphatic hydroxyl groups is 1. The minimum absolute atomic E-state index is 0.0377. The Bertz CT molecular complexity index is 2030. The molecule has 0 fully saturated rings. The molecule has 0 spiro atoms. The maximum absolute atomic E-state index is 9.98. The molecule has 6 rings (SSSR count). The molecule has 8 nitrogen and oxygen atoms in total. The lowest BCUT2D eigenvalue weighted by Crippen LogP contribution is -2.58. The highest BCUT2D eigenvalue weighted by Gasteiger charge is 2.39. The molecule has 3 aliphatic rings. The number of halogens is 5. The minimum atomic E-state index is -4.69. The van der Waals surface area contributed by atoms with E-state index < -0.39 is 10.2 Å². The van der Waals surface area contributed by atoms with Crippen molar-refractivity contribution in [3.63, 3.8) is 0 Å². The monoisotopic (exact) mass is 756 g/mol. The molecule has 0 bridgehead atoms. The third-order valence-electron chi connectivity index (χ3n) is 9.65. The Hall–Kier alpha value is -2.18. The Labute approximate surface area is 302 Å². The van der Waals surface area contributed by atoms with Crippen molar-refractivity contribution in [3.05, 3.63) is 95.4 Å². The predicted molar refractivity (Wildman–Crippen MR) is 185 cm³/mol. The van der Waals surface area contributed by atoms with Crippen molar-refractivity contribution in [1.82, 2.24) is 9.06 Å². The van der Waals surface area contributed by atoms with E-state index >= 15 is 0 Å². The number of likely N-dealkylation sites (N-methyl/N-ethyl adjacent to an activating group) is 1. The summed E-state index contributed by atoms with van der Waals surface area (Å²) >= 11 is 26.7. The van der Waals surface area contributed by atoms with Gasteiger partial charge < -0.3 is 9.84 Å². The summed E-state index contributed by atoms with van der Waals surface area (Å²) in [6.45, 7) is 14.6. The second kappa shape index (κ2) is 13.2. The zero-order chi connectivity index (χ0) is 35.7. The molecule has 2 N–H and O–H groups in total. The first-order valence-electron chi connectivity index (χ1n) is 15.2. The van der Waals surface area contributed by atoms with E-state index in [1.54, 1.807) is 6.07 Å². The fourth-order valence-corrected chi connectivity index (χ4v) is 7.98. The van der Waals surface area contributed by atoms with Crippen molar-refractivity contribution in [1.29, 1.82) is 0 Å². The van der Waals surface area contributed by atoms with E-state index in [2.05, 4.69) is 89.6 Å². The van der Waals surface area contributed by atoms with Crippen LogP contribution in [0.25, 0.3) is 16.7 Å². The van der Waals surface area contributed by atoms with E-state index in [1.165, 1.54) is 16.8 Å². The summed E-state index contributed by atoms with van der Waals surface area (Å²) in [6, 6.07) is 10.8. The minimum Gasteiger partial charge on any atom is -0.456 e. The maximum atomic E-state index is 9.98. The highest BCUT2D eigenvalue weighted by molar-refractivity contribution is 6.52. The number of aliphatic hydroxyl groups excluding tert-OH is 1. The molecule has 3 aromatic carbocycles. The molecule has 3 heterocycles. The molecule has 0 saturated carbocycles. The van der Waals surface area contributed by atoms with Gasteiger partial charge in [0, 0.05) is 53.0 Å². The molecule has 3 aliphatic heterocycles. The van der Waals surface area contributed by atoms with E-state index in [1.807, 2.05) is 0 Å². The molecule has 0 radical (unpaired) electrons. The molecule has 0 amide bonds. The first-order valence-corrected chi connectivity index (χ1v) is 18.0. The van der Waals surface area contributed by atoms with Crippen molar-refractivity contribution < 1.29 is 38.7 Å². The van der Waals surface area contributed by atoms with Crippen LogP contribution >= 0.6 is 46.4 Å². The molecular formula is C35H37Cl5N2O6+2. The largest absolute Gasteiger partial charge is 0.456 e. The van der Waals surface area contributed by atoms with E-state index in [4.69, 9.17) is 69.8 Å². The van der Waals surface area contributed by atoms with E-state index in [-0.39, 0.29) is 22.2 Å². The number of β-amino-alcohol motifs (C(OH)–C–C–N with tert-alkyl or cyclic N) is 1. The van der Waals surface area contributed by atoms with E-state index in [9.17, 15) is 5.11 Å². The fraction of sp³-hybridized carbons (Fsp3) is 0.343. The van der Waals surface area contributed by atoms with Crippen LogP contribution in [0, 0.1) is 10.2 Å². The standard InChI is InChI=1S/C35H36Cl4N2O2.ClHO4/c1-8-41(7)20(4)11-18(2)22-13-24-30(16-28(22)41)43-29-15-27-21(19(3)17-35(5,6)40(27)9-10-42)12-23(29)31(24)25-14-26(36)33(38)34(39)32(25)37;2-1(3,4)5/h11-17,20,42H,8-10H2,1-7H3;(H,2,3,4,5)/q+2;. The van der Waals surface area contributed by atoms with Gasteiger partial charge in [-0.2, -0.15) is 14.0 Å². The van der Waals surface area contributed by atoms with Gasteiger partial charge in [0.2, 0.25) is 5.36 Å². The summed E-state index contributed by atoms with van der Waals surface area (Å²) in [5.74, 6) is 1.45. The number of rotatable bonds is 4. The number of nitrogens with zero attached hydrogens (tertiary/aromatic N) is 2. The zero-order valence-corrected chi connectivity index (χ0v) is 31.3. The summed E-state index contributed by atoms with van der Waals surface area (Å²) in [5, 5.41) is 13.0. The van der Waals surface area contributed by atoms with Gasteiger partial charge in [0.1, 0.15) is 29.8 Å². The molecule has 0 aromatic heterocycles. The van der Waals surface area contributed by atoms with Crippen LogP contribution < -0.4 is 38.3 Å². The Morgan fingerprint density at radius 2 is 1.54 bits per heavy atom. The average Bonchev–Trinajstić information content (AvgIpc) is 2.99. The van der Waals surface area contributed by atoms with Crippen molar-refractivity contribution >= 4 is 68.8 Å². The van der Waals surface area contributed by atoms with Crippen molar-refractivity contribution in [3.8, 4) is 11.5 Å². The lowest BCUT2D eigenvalue weighted by atomic mass is 9.85. The van der Waals surface area contributed by atoms with Crippen molar-refractivity contribution in [2.75, 3.05) is 26.7 Å². The summed E-state index contributed by atoms with van der Waals surface area (Å²) in [7, 11) is -2.42. The zero-order valence-electron chi connectivity index (χ0n) is 27.6. The van der Waals surface area contributed by atoms with Gasteiger partial charge >= 0.3 is 0 Å².